The number of benzene rings is 3. The first-order valence-electron chi connectivity index (χ1n) is 13.8. The van der Waals surface area contributed by atoms with Gasteiger partial charge in [0.15, 0.2) is 5.75 Å². The predicted octanol–water partition coefficient (Wildman–Crippen LogP) is 5.62. The van der Waals surface area contributed by atoms with Crippen molar-refractivity contribution in [3.05, 3.63) is 88.4 Å². The molecule has 4 rings (SSSR count). The number of hydrogen-bond acceptors (Lipinski definition) is 6. The fourth-order valence-electron chi connectivity index (χ4n) is 4.58. The zero-order chi connectivity index (χ0) is 30.0. The summed E-state index contributed by atoms with van der Waals surface area (Å²) in [7, 11) is -4.25. The third-order valence-electron chi connectivity index (χ3n) is 6.90. The molecule has 0 saturated carbocycles. The van der Waals surface area contributed by atoms with Crippen molar-refractivity contribution in [1.82, 2.24) is 16.0 Å². The Balaban J connectivity index is 0.00000506. The molecule has 0 spiro atoms. The number of para-hydroxylation sites is 1. The smallest absolute Gasteiger partial charge is 0.295 e. The van der Waals surface area contributed by atoms with Gasteiger partial charge in [-0.15, -0.1) is 12.4 Å². The lowest BCUT2D eigenvalue weighted by Crippen LogP contribution is -2.37. The van der Waals surface area contributed by atoms with Crippen molar-refractivity contribution in [2.45, 2.75) is 37.0 Å². The van der Waals surface area contributed by atoms with Crippen molar-refractivity contribution < 1.29 is 22.8 Å². The van der Waals surface area contributed by atoms with Gasteiger partial charge in [0.25, 0.3) is 15.9 Å². The summed E-state index contributed by atoms with van der Waals surface area (Å²) < 4.78 is 28.0. The molecular formula is C30H35Cl3N4O5S. The maximum Gasteiger partial charge on any atom is 0.295 e. The van der Waals surface area contributed by atoms with Gasteiger partial charge in [-0.25, -0.2) is 0 Å². The maximum absolute atomic E-state index is 13.6. The molecular weight excluding hydrogens is 635 g/mol. The number of halogens is 3. The van der Waals surface area contributed by atoms with Crippen LogP contribution < -0.4 is 25.3 Å². The number of unbranched alkanes of at least 4 members (excludes halogenated alkanes) is 1. The molecule has 232 valence electrons. The van der Waals surface area contributed by atoms with Crippen LogP contribution in [0.15, 0.2) is 77.7 Å². The van der Waals surface area contributed by atoms with Gasteiger partial charge < -0.3 is 20.8 Å². The van der Waals surface area contributed by atoms with Gasteiger partial charge in [-0.2, -0.15) is 8.42 Å². The highest BCUT2D eigenvalue weighted by Gasteiger charge is 2.28. The van der Waals surface area contributed by atoms with Crippen LogP contribution in [-0.4, -0.2) is 46.4 Å². The van der Waals surface area contributed by atoms with Crippen LogP contribution in [0.4, 0.5) is 5.69 Å². The lowest BCUT2D eigenvalue weighted by molar-refractivity contribution is -0.120. The molecule has 9 nitrogen and oxygen atoms in total. The fraction of sp³-hybridized carbons (Fsp3) is 0.333. The van der Waals surface area contributed by atoms with Crippen molar-refractivity contribution in [3.63, 3.8) is 0 Å². The molecule has 43 heavy (non-hydrogen) atoms. The monoisotopic (exact) mass is 668 g/mol. The highest BCUT2D eigenvalue weighted by molar-refractivity contribution is 7.92. The number of carbonyl (C=O) groups excluding carboxylic acids is 2. The van der Waals surface area contributed by atoms with E-state index in [1.165, 1.54) is 61.7 Å². The summed E-state index contributed by atoms with van der Waals surface area (Å²) in [6, 6.07) is 18.0. The van der Waals surface area contributed by atoms with E-state index in [4.69, 9.17) is 28.0 Å². The second kappa shape index (κ2) is 16.7. The topological polar surface area (TPSA) is 117 Å². The minimum atomic E-state index is -4.25. The van der Waals surface area contributed by atoms with Gasteiger partial charge in [0.1, 0.15) is 0 Å². The summed E-state index contributed by atoms with van der Waals surface area (Å²) in [6.45, 7) is 2.55. The van der Waals surface area contributed by atoms with E-state index in [2.05, 4.69) is 16.0 Å². The van der Waals surface area contributed by atoms with E-state index in [1.807, 2.05) is 0 Å². The van der Waals surface area contributed by atoms with Crippen molar-refractivity contribution in [2.75, 3.05) is 30.6 Å². The maximum atomic E-state index is 13.6. The van der Waals surface area contributed by atoms with Gasteiger partial charge in [-0.05, 0) is 92.9 Å². The second-order valence-electron chi connectivity index (χ2n) is 9.98. The molecule has 0 radical (unpaired) electrons. The van der Waals surface area contributed by atoms with Gasteiger partial charge in [-0.3, -0.25) is 9.59 Å². The van der Waals surface area contributed by atoms with Crippen LogP contribution in [0, 0.1) is 5.92 Å². The SMILES string of the molecule is Cl.O=C(CNC(=O)c1ccc(S(=O)(=O)N(Oc2ccc(Cl)cc2Cl)c2ccccc2)cc1)NCCCCC1CCNCC1. The summed E-state index contributed by atoms with van der Waals surface area (Å²) in [5, 5.41) is 9.27. The molecule has 0 unspecified atom stereocenters. The summed E-state index contributed by atoms with van der Waals surface area (Å²) in [6.07, 6.45) is 5.55. The van der Waals surface area contributed by atoms with Crippen molar-refractivity contribution in [2.24, 2.45) is 5.92 Å². The van der Waals surface area contributed by atoms with Gasteiger partial charge >= 0.3 is 0 Å². The molecule has 1 aliphatic rings. The molecule has 2 amide bonds. The number of rotatable bonds is 13. The minimum Gasteiger partial charge on any atom is -0.363 e. The third kappa shape index (κ3) is 10.0. The number of nitrogens with zero attached hydrogens (tertiary/aromatic N) is 1. The minimum absolute atomic E-state index is 0. The molecule has 0 aromatic heterocycles. The number of anilines is 1. The molecule has 0 bridgehead atoms. The Morgan fingerprint density at radius 3 is 2.30 bits per heavy atom. The predicted molar refractivity (Wildman–Crippen MR) is 172 cm³/mol. The molecule has 3 aromatic rings. The van der Waals surface area contributed by atoms with Crippen LogP contribution in [0.3, 0.4) is 0 Å². The largest absolute Gasteiger partial charge is 0.363 e. The Labute approximate surface area is 268 Å². The second-order valence-corrected chi connectivity index (χ2v) is 12.6. The van der Waals surface area contributed by atoms with Gasteiger partial charge in [-0.1, -0.05) is 58.7 Å². The standard InChI is InChI=1S/C30H34Cl2N4O5S.ClH/c31-24-11-14-28(27(32)20-24)41-36(25-7-2-1-3-8-25)42(39,40)26-12-9-23(10-13-26)30(38)35-21-29(37)34-17-5-4-6-22-15-18-33-19-16-22;/h1-3,7-14,20,22,33H,4-6,15-19,21H2,(H,34,37)(H,35,38);1H. The van der Waals surface area contributed by atoms with Crippen LogP contribution in [0.5, 0.6) is 5.75 Å². The van der Waals surface area contributed by atoms with Crippen LogP contribution in [0.1, 0.15) is 42.5 Å². The molecule has 1 aliphatic heterocycles. The average Bonchev–Trinajstić information content (AvgIpc) is 3.00. The summed E-state index contributed by atoms with van der Waals surface area (Å²) in [4.78, 5) is 30.4. The van der Waals surface area contributed by atoms with Crippen molar-refractivity contribution in [1.29, 1.82) is 0 Å². The summed E-state index contributed by atoms with van der Waals surface area (Å²) in [5.41, 5.74) is 0.444. The van der Waals surface area contributed by atoms with E-state index in [0.29, 0.717) is 11.6 Å². The van der Waals surface area contributed by atoms with E-state index in [0.717, 1.165) is 36.3 Å². The van der Waals surface area contributed by atoms with E-state index >= 15 is 0 Å². The molecule has 1 fully saturated rings. The first-order valence-corrected chi connectivity index (χ1v) is 16.0. The van der Waals surface area contributed by atoms with E-state index < -0.39 is 15.9 Å². The van der Waals surface area contributed by atoms with Crippen LogP contribution >= 0.6 is 35.6 Å². The van der Waals surface area contributed by atoms with Crippen molar-refractivity contribution >= 4 is 63.1 Å². The van der Waals surface area contributed by atoms with Crippen LogP contribution in [0.25, 0.3) is 0 Å². The number of amides is 2. The number of sulfonamides is 1. The number of carbonyl (C=O) groups is 2. The molecule has 13 heteroatoms. The molecule has 3 N–H and O–H groups in total. The quantitative estimate of drug-likeness (QED) is 0.161. The van der Waals surface area contributed by atoms with Crippen LogP contribution in [-0.2, 0) is 14.8 Å². The van der Waals surface area contributed by atoms with Gasteiger partial charge in [0.2, 0.25) is 5.91 Å². The zero-order valence-corrected chi connectivity index (χ0v) is 26.6. The number of hydrogen-bond donors (Lipinski definition) is 3. The van der Waals surface area contributed by atoms with E-state index in [1.54, 1.807) is 30.3 Å². The van der Waals surface area contributed by atoms with Gasteiger partial charge in [0.05, 0.1) is 22.2 Å². The fourth-order valence-corrected chi connectivity index (χ4v) is 6.28. The Hall–Kier alpha value is -3.02. The first kappa shape index (κ1) is 34.5. The van der Waals surface area contributed by atoms with E-state index in [9.17, 15) is 18.0 Å². The first-order chi connectivity index (χ1) is 20.2. The highest BCUT2D eigenvalue weighted by Crippen LogP contribution is 2.32. The summed E-state index contributed by atoms with van der Waals surface area (Å²) >= 11 is 12.2. The molecule has 1 heterocycles. The molecule has 1 saturated heterocycles. The Morgan fingerprint density at radius 2 is 1.63 bits per heavy atom. The number of piperidine rings is 1. The lowest BCUT2D eigenvalue weighted by atomic mass is 9.92. The zero-order valence-electron chi connectivity index (χ0n) is 23.4. The van der Waals surface area contributed by atoms with Crippen LogP contribution in [0.2, 0.25) is 10.0 Å². The Kier molecular flexibility index (Phi) is 13.4. The van der Waals surface area contributed by atoms with Gasteiger partial charge in [0, 0.05) is 17.1 Å². The third-order valence-corrected chi connectivity index (χ3v) is 9.02. The molecule has 3 aromatic carbocycles. The normalized spacial score (nSPS) is 13.4. The average molecular weight is 670 g/mol. The highest BCUT2D eigenvalue weighted by atomic mass is 35.5. The van der Waals surface area contributed by atoms with E-state index in [-0.39, 0.29) is 51.8 Å². The van der Waals surface area contributed by atoms with Crippen molar-refractivity contribution in [3.8, 4) is 5.75 Å². The lowest BCUT2D eigenvalue weighted by Gasteiger charge is -2.24. The molecule has 0 aliphatic carbocycles. The number of nitrogens with one attached hydrogen (secondary N) is 3. The Morgan fingerprint density at radius 1 is 0.930 bits per heavy atom. The summed E-state index contributed by atoms with van der Waals surface area (Å²) in [5.74, 6) is 0.0770. The Bertz CT molecular complexity index is 1450. The molecule has 0 atom stereocenters.